The van der Waals surface area contributed by atoms with Crippen LogP contribution in [0.25, 0.3) is 6.08 Å². The van der Waals surface area contributed by atoms with Crippen LogP contribution in [0.3, 0.4) is 0 Å². The van der Waals surface area contributed by atoms with Gasteiger partial charge in [-0.05, 0) is 50.5 Å². The Kier molecular flexibility index (Phi) is 4.42. The predicted molar refractivity (Wildman–Crippen MR) is 78.3 cm³/mol. The normalized spacial score (nSPS) is 22.6. The molecule has 2 atom stereocenters. The highest BCUT2D eigenvalue weighted by Gasteiger charge is 2.30. The van der Waals surface area contributed by atoms with Crippen molar-refractivity contribution in [2.24, 2.45) is 0 Å². The van der Waals surface area contributed by atoms with Crippen LogP contribution < -0.4 is 4.90 Å². The highest BCUT2D eigenvalue weighted by atomic mass is 19.1. The van der Waals surface area contributed by atoms with Gasteiger partial charge in [-0.2, -0.15) is 0 Å². The number of carboxylic acids is 1. The molecule has 0 aromatic heterocycles. The molecular formula is C16H20FNO2. The van der Waals surface area contributed by atoms with Crippen LogP contribution in [0.1, 0.15) is 38.7 Å². The maximum atomic E-state index is 13.4. The van der Waals surface area contributed by atoms with E-state index in [2.05, 4.69) is 18.7 Å². The van der Waals surface area contributed by atoms with E-state index in [9.17, 15) is 9.18 Å². The summed E-state index contributed by atoms with van der Waals surface area (Å²) in [5.74, 6) is -1.37. The van der Waals surface area contributed by atoms with Crippen LogP contribution in [0.5, 0.6) is 0 Å². The topological polar surface area (TPSA) is 40.5 Å². The van der Waals surface area contributed by atoms with Gasteiger partial charge in [0.15, 0.2) is 0 Å². The fourth-order valence-electron chi connectivity index (χ4n) is 2.96. The number of hydrogen-bond acceptors (Lipinski definition) is 2. The second-order valence-electron chi connectivity index (χ2n) is 5.27. The van der Waals surface area contributed by atoms with Crippen LogP contribution in [-0.4, -0.2) is 23.2 Å². The van der Waals surface area contributed by atoms with Crippen molar-refractivity contribution >= 4 is 17.7 Å². The first-order valence-corrected chi connectivity index (χ1v) is 7.01. The minimum atomic E-state index is -1.03. The van der Waals surface area contributed by atoms with Crippen molar-refractivity contribution < 1.29 is 14.3 Å². The average Bonchev–Trinajstić information content (AvgIpc) is 2.77. The summed E-state index contributed by atoms with van der Waals surface area (Å²) in [5, 5.41) is 8.76. The van der Waals surface area contributed by atoms with Crippen LogP contribution in [0, 0.1) is 5.82 Å². The maximum absolute atomic E-state index is 13.4. The van der Waals surface area contributed by atoms with Gasteiger partial charge in [0.25, 0.3) is 0 Å². The number of aliphatic carboxylic acids is 1. The molecule has 3 nitrogen and oxygen atoms in total. The van der Waals surface area contributed by atoms with Crippen LogP contribution in [-0.2, 0) is 4.79 Å². The van der Waals surface area contributed by atoms with Crippen molar-refractivity contribution in [1.29, 1.82) is 0 Å². The molecule has 2 unspecified atom stereocenters. The third kappa shape index (κ3) is 3.00. The van der Waals surface area contributed by atoms with Crippen molar-refractivity contribution in [3.05, 3.63) is 35.7 Å². The maximum Gasteiger partial charge on any atom is 0.328 e. The SMILES string of the molecule is CCC1CCC(C)N1c1ccc(F)cc1/C=C/C(=O)O. The Hall–Kier alpha value is -1.84. The second kappa shape index (κ2) is 6.07. The highest BCUT2D eigenvalue weighted by Crippen LogP contribution is 2.35. The fraction of sp³-hybridized carbons (Fsp3) is 0.438. The third-order valence-corrected chi connectivity index (χ3v) is 3.93. The van der Waals surface area contributed by atoms with Crippen molar-refractivity contribution in [3.8, 4) is 0 Å². The number of carbonyl (C=O) groups is 1. The first-order chi connectivity index (χ1) is 9.52. The lowest BCUT2D eigenvalue weighted by atomic mass is 10.1. The molecule has 20 heavy (non-hydrogen) atoms. The molecule has 1 aliphatic heterocycles. The van der Waals surface area contributed by atoms with Gasteiger partial charge >= 0.3 is 5.97 Å². The van der Waals surface area contributed by atoms with E-state index in [-0.39, 0.29) is 5.82 Å². The number of halogens is 1. The first kappa shape index (κ1) is 14.6. The predicted octanol–water partition coefficient (Wildman–Crippen LogP) is 3.69. The molecule has 0 amide bonds. The lowest BCUT2D eigenvalue weighted by molar-refractivity contribution is -0.131. The lowest BCUT2D eigenvalue weighted by Gasteiger charge is -2.31. The van der Waals surface area contributed by atoms with E-state index in [0.717, 1.165) is 31.0 Å². The van der Waals surface area contributed by atoms with E-state index in [1.54, 1.807) is 6.07 Å². The van der Waals surface area contributed by atoms with E-state index >= 15 is 0 Å². The van der Waals surface area contributed by atoms with Gasteiger partial charge in [0.1, 0.15) is 5.82 Å². The Balaban J connectivity index is 2.42. The standard InChI is InChI=1S/C16H20FNO2/c1-3-14-7-4-11(2)18(14)15-8-6-13(17)10-12(15)5-9-16(19)20/h5-6,8-11,14H,3-4,7H2,1-2H3,(H,19,20)/b9-5+. The lowest BCUT2D eigenvalue weighted by Crippen LogP contribution is -2.34. The number of benzene rings is 1. The van der Waals surface area contributed by atoms with Gasteiger partial charge < -0.3 is 10.0 Å². The summed E-state index contributed by atoms with van der Waals surface area (Å²) in [6.45, 7) is 4.30. The number of rotatable bonds is 4. The molecule has 1 N–H and O–H groups in total. The molecule has 1 aromatic carbocycles. The summed E-state index contributed by atoms with van der Waals surface area (Å²) >= 11 is 0. The van der Waals surface area contributed by atoms with E-state index < -0.39 is 5.97 Å². The zero-order valence-electron chi connectivity index (χ0n) is 11.8. The third-order valence-electron chi connectivity index (χ3n) is 3.93. The van der Waals surface area contributed by atoms with Crippen LogP contribution in [0.4, 0.5) is 10.1 Å². The quantitative estimate of drug-likeness (QED) is 0.853. The van der Waals surface area contributed by atoms with Gasteiger partial charge in [0.05, 0.1) is 0 Å². The number of carboxylic acid groups (broad SMARTS) is 1. The smallest absolute Gasteiger partial charge is 0.328 e. The Morgan fingerprint density at radius 2 is 2.25 bits per heavy atom. The summed E-state index contributed by atoms with van der Waals surface area (Å²) in [7, 11) is 0. The van der Waals surface area contributed by atoms with E-state index in [4.69, 9.17) is 5.11 Å². The molecular weight excluding hydrogens is 257 g/mol. The summed E-state index contributed by atoms with van der Waals surface area (Å²) < 4.78 is 13.4. The monoisotopic (exact) mass is 277 g/mol. The molecule has 1 heterocycles. The van der Waals surface area contributed by atoms with E-state index in [1.807, 2.05) is 0 Å². The van der Waals surface area contributed by atoms with Crippen molar-refractivity contribution in [2.45, 2.75) is 45.2 Å². The molecule has 1 saturated heterocycles. The molecule has 2 rings (SSSR count). The van der Waals surface area contributed by atoms with Gasteiger partial charge in [-0.25, -0.2) is 9.18 Å². The molecule has 0 radical (unpaired) electrons. The number of nitrogens with zero attached hydrogens (tertiary/aromatic N) is 1. The van der Waals surface area contributed by atoms with Gasteiger partial charge in [0, 0.05) is 29.4 Å². The molecule has 108 valence electrons. The molecule has 0 saturated carbocycles. The van der Waals surface area contributed by atoms with E-state index in [1.165, 1.54) is 18.2 Å². The highest BCUT2D eigenvalue weighted by molar-refractivity contribution is 5.87. The first-order valence-electron chi connectivity index (χ1n) is 7.01. The molecule has 1 aliphatic rings. The molecule has 0 aliphatic carbocycles. The average molecular weight is 277 g/mol. The fourth-order valence-corrected chi connectivity index (χ4v) is 2.96. The zero-order chi connectivity index (χ0) is 14.7. The van der Waals surface area contributed by atoms with Gasteiger partial charge in [-0.3, -0.25) is 0 Å². The van der Waals surface area contributed by atoms with Crippen LogP contribution in [0.15, 0.2) is 24.3 Å². The van der Waals surface area contributed by atoms with Gasteiger partial charge in [-0.1, -0.05) is 6.92 Å². The Bertz CT molecular complexity index is 527. The number of hydrogen-bond donors (Lipinski definition) is 1. The molecule has 0 spiro atoms. The number of anilines is 1. The van der Waals surface area contributed by atoms with Crippen molar-refractivity contribution in [3.63, 3.8) is 0 Å². The van der Waals surface area contributed by atoms with E-state index in [0.29, 0.717) is 17.6 Å². The molecule has 1 aromatic rings. The molecule has 0 bridgehead atoms. The van der Waals surface area contributed by atoms with Crippen LogP contribution in [0.2, 0.25) is 0 Å². The molecule has 1 fully saturated rings. The van der Waals surface area contributed by atoms with Gasteiger partial charge in [-0.15, -0.1) is 0 Å². The Labute approximate surface area is 118 Å². The summed E-state index contributed by atoms with van der Waals surface area (Å²) in [5.41, 5.74) is 1.54. The zero-order valence-corrected chi connectivity index (χ0v) is 11.8. The van der Waals surface area contributed by atoms with Crippen molar-refractivity contribution in [2.75, 3.05) is 4.90 Å². The molecule has 4 heteroatoms. The summed E-state index contributed by atoms with van der Waals surface area (Å²) in [6.07, 6.45) is 5.79. The van der Waals surface area contributed by atoms with Gasteiger partial charge in [0.2, 0.25) is 0 Å². The minimum absolute atomic E-state index is 0.348. The summed E-state index contributed by atoms with van der Waals surface area (Å²) in [4.78, 5) is 13.0. The Morgan fingerprint density at radius 1 is 1.50 bits per heavy atom. The Morgan fingerprint density at radius 3 is 2.90 bits per heavy atom. The van der Waals surface area contributed by atoms with Crippen LogP contribution >= 0.6 is 0 Å². The minimum Gasteiger partial charge on any atom is -0.478 e. The largest absolute Gasteiger partial charge is 0.478 e. The second-order valence-corrected chi connectivity index (χ2v) is 5.27. The van der Waals surface area contributed by atoms with Crippen molar-refractivity contribution in [1.82, 2.24) is 0 Å². The summed E-state index contributed by atoms with van der Waals surface area (Å²) in [6, 6.07) is 5.41.